The fraction of sp³-hybridized carbons (Fsp3) is 0.0690. The van der Waals surface area contributed by atoms with E-state index in [1.165, 1.54) is 102 Å². The van der Waals surface area contributed by atoms with Gasteiger partial charge in [0.15, 0.2) is 0 Å². The van der Waals surface area contributed by atoms with Gasteiger partial charge in [-0.25, -0.2) is 0 Å². The summed E-state index contributed by atoms with van der Waals surface area (Å²) < 4.78 is 11.8. The Morgan fingerprint density at radius 1 is 0.387 bits per heavy atom. The molecule has 0 fully saturated rings. The summed E-state index contributed by atoms with van der Waals surface area (Å²) in [5.74, 6) is 1.83. The zero-order chi connectivity index (χ0) is 40.9. The van der Waals surface area contributed by atoms with Crippen LogP contribution in [0.3, 0.4) is 0 Å². The summed E-state index contributed by atoms with van der Waals surface area (Å²) in [7, 11) is 0. The number of thiophene rings is 2. The second-order valence-corrected chi connectivity index (χ2v) is 19.7. The highest BCUT2D eigenvalue weighted by Gasteiger charge is 2.51. The van der Waals surface area contributed by atoms with Gasteiger partial charge in [0.05, 0.1) is 11.1 Å². The number of fused-ring (bicyclic) bond motifs is 18. The molecule has 0 amide bonds. The Morgan fingerprint density at radius 2 is 0.968 bits per heavy atom. The van der Waals surface area contributed by atoms with Crippen LogP contribution in [0.25, 0.3) is 62.6 Å². The van der Waals surface area contributed by atoms with Crippen molar-refractivity contribution in [3.05, 3.63) is 221 Å². The van der Waals surface area contributed by atoms with Gasteiger partial charge in [-0.05, 0) is 111 Å². The third-order valence-electron chi connectivity index (χ3n) is 14.1. The van der Waals surface area contributed by atoms with Crippen LogP contribution < -0.4 is 9.64 Å². The summed E-state index contributed by atoms with van der Waals surface area (Å²) in [6.07, 6.45) is 0. The van der Waals surface area contributed by atoms with Crippen molar-refractivity contribution < 1.29 is 4.74 Å². The number of benzene rings is 9. The van der Waals surface area contributed by atoms with E-state index in [4.69, 9.17) is 4.74 Å². The molecule has 11 aromatic rings. The zero-order valence-corrected chi connectivity index (χ0v) is 35.7. The third kappa shape index (κ3) is 4.43. The number of hydrogen-bond acceptors (Lipinski definition) is 4. The van der Waals surface area contributed by atoms with Crippen molar-refractivity contribution in [1.82, 2.24) is 0 Å². The van der Waals surface area contributed by atoms with Crippen molar-refractivity contribution >= 4 is 80.1 Å². The molecule has 2 nitrogen and oxygen atoms in total. The van der Waals surface area contributed by atoms with Crippen molar-refractivity contribution in [3.63, 3.8) is 0 Å². The normalized spacial score (nSPS) is 14.7. The fourth-order valence-electron chi connectivity index (χ4n) is 11.4. The lowest BCUT2D eigenvalue weighted by Crippen LogP contribution is -2.32. The Kier molecular flexibility index (Phi) is 6.90. The molecule has 1 aliphatic heterocycles. The van der Waals surface area contributed by atoms with E-state index in [0.717, 1.165) is 22.9 Å². The molecule has 14 rings (SSSR count). The number of hydrogen-bond donors (Lipinski definition) is 0. The average Bonchev–Trinajstić information content (AvgIpc) is 4.02. The molecule has 1 spiro atoms. The van der Waals surface area contributed by atoms with E-state index in [2.05, 4.69) is 207 Å². The molecule has 3 heterocycles. The minimum Gasteiger partial charge on any atom is -0.457 e. The molecule has 62 heavy (non-hydrogen) atoms. The minimum atomic E-state index is -0.509. The van der Waals surface area contributed by atoms with Crippen LogP contribution >= 0.6 is 22.7 Å². The first-order valence-electron chi connectivity index (χ1n) is 21.4. The summed E-state index contributed by atoms with van der Waals surface area (Å²) in [6, 6.07) is 70.3. The van der Waals surface area contributed by atoms with Crippen molar-refractivity contribution in [2.24, 2.45) is 0 Å². The summed E-state index contributed by atoms with van der Waals surface area (Å²) >= 11 is 3.78. The molecule has 2 aliphatic carbocycles. The van der Waals surface area contributed by atoms with Gasteiger partial charge in [0, 0.05) is 68.3 Å². The molecule has 0 N–H and O–H groups in total. The first-order chi connectivity index (χ1) is 30.5. The molecule has 0 bridgehead atoms. The summed E-state index contributed by atoms with van der Waals surface area (Å²) in [5.41, 5.74) is 15.8. The first-order valence-corrected chi connectivity index (χ1v) is 23.0. The summed E-state index contributed by atoms with van der Waals surface area (Å²) in [4.78, 5) is 2.53. The van der Waals surface area contributed by atoms with Crippen molar-refractivity contribution in [1.29, 1.82) is 0 Å². The quantitative estimate of drug-likeness (QED) is 0.176. The Balaban J connectivity index is 1.04. The predicted molar refractivity (Wildman–Crippen MR) is 262 cm³/mol. The maximum atomic E-state index is 6.66. The predicted octanol–water partition coefficient (Wildman–Crippen LogP) is 16.7. The molecular formula is C58H37NOS2. The first kappa shape index (κ1) is 34.7. The molecule has 4 heteroatoms. The van der Waals surface area contributed by atoms with Gasteiger partial charge >= 0.3 is 0 Å². The van der Waals surface area contributed by atoms with Gasteiger partial charge < -0.3 is 9.64 Å². The monoisotopic (exact) mass is 827 g/mol. The SMILES string of the molecule is CC1(C)c2ccccc2-c2ccc(N(c3ccc4c(c3)sc3ccccc34)c3cccc4sc5cc6c(cc5c34)-c3ccccc3C63c4ccccc4Oc4ccccc43)cc21. The van der Waals surface area contributed by atoms with Crippen LogP contribution in [0, 0.1) is 0 Å². The zero-order valence-electron chi connectivity index (χ0n) is 34.1. The Bertz CT molecular complexity index is 3690. The molecule has 9 aromatic carbocycles. The molecule has 0 saturated carbocycles. The van der Waals surface area contributed by atoms with E-state index in [9.17, 15) is 0 Å². The van der Waals surface area contributed by atoms with Gasteiger partial charge in [-0.2, -0.15) is 0 Å². The van der Waals surface area contributed by atoms with Crippen molar-refractivity contribution in [3.8, 4) is 33.8 Å². The van der Waals surface area contributed by atoms with Gasteiger partial charge in [-0.1, -0.05) is 135 Å². The van der Waals surface area contributed by atoms with Crippen LogP contribution in [-0.2, 0) is 10.8 Å². The lowest BCUT2D eigenvalue weighted by atomic mass is 9.66. The standard InChI is InChI=1S/C58H37NOS2/c1-57(2)43-17-6-3-14-36(43)38-28-26-34(30-47(38)57)59(35-27-29-40-39-16-5-12-24-52(39)61-54(40)31-35)49-21-13-25-53-56(49)42-32-41-37-15-4-7-18-44(37)58(48(41)33-55(42)62-53)45-19-8-10-22-50(45)60-51-23-11-9-20-46(51)58/h3-33H,1-2H3. The third-order valence-corrected chi connectivity index (χ3v) is 16.4. The Morgan fingerprint density at radius 3 is 1.77 bits per heavy atom. The highest BCUT2D eigenvalue weighted by atomic mass is 32.1. The van der Waals surface area contributed by atoms with Crippen LogP contribution in [0.15, 0.2) is 188 Å². The van der Waals surface area contributed by atoms with Gasteiger partial charge in [0.1, 0.15) is 11.5 Å². The highest BCUT2D eigenvalue weighted by molar-refractivity contribution is 7.26. The molecule has 0 unspecified atom stereocenters. The molecular weight excluding hydrogens is 791 g/mol. The van der Waals surface area contributed by atoms with Crippen LogP contribution in [0.1, 0.15) is 47.2 Å². The van der Waals surface area contributed by atoms with E-state index in [1.54, 1.807) is 0 Å². The van der Waals surface area contributed by atoms with Gasteiger partial charge in [-0.15, -0.1) is 22.7 Å². The van der Waals surface area contributed by atoms with E-state index < -0.39 is 5.41 Å². The molecule has 3 aliphatic rings. The average molecular weight is 828 g/mol. The number of anilines is 3. The fourth-order valence-corrected chi connectivity index (χ4v) is 13.7. The topological polar surface area (TPSA) is 12.5 Å². The summed E-state index contributed by atoms with van der Waals surface area (Å²) in [6.45, 7) is 4.76. The van der Waals surface area contributed by atoms with E-state index in [-0.39, 0.29) is 5.41 Å². The Hall–Kier alpha value is -6.98. The number of ether oxygens (including phenoxy) is 1. The van der Waals surface area contributed by atoms with Crippen LogP contribution in [-0.4, -0.2) is 0 Å². The number of para-hydroxylation sites is 2. The molecule has 0 radical (unpaired) electrons. The summed E-state index contributed by atoms with van der Waals surface area (Å²) in [5, 5.41) is 5.18. The van der Waals surface area contributed by atoms with E-state index >= 15 is 0 Å². The van der Waals surface area contributed by atoms with Gasteiger partial charge in [0.2, 0.25) is 0 Å². The maximum absolute atomic E-state index is 6.66. The number of rotatable bonds is 3. The van der Waals surface area contributed by atoms with Crippen LogP contribution in [0.5, 0.6) is 11.5 Å². The lowest BCUT2D eigenvalue weighted by molar-refractivity contribution is 0.436. The van der Waals surface area contributed by atoms with Gasteiger partial charge in [0.25, 0.3) is 0 Å². The smallest absolute Gasteiger partial charge is 0.132 e. The maximum Gasteiger partial charge on any atom is 0.132 e. The lowest BCUT2D eigenvalue weighted by Gasteiger charge is -2.39. The van der Waals surface area contributed by atoms with E-state index in [0.29, 0.717) is 0 Å². The number of nitrogens with zero attached hydrogens (tertiary/aromatic N) is 1. The van der Waals surface area contributed by atoms with Crippen LogP contribution in [0.2, 0.25) is 0 Å². The Labute approximate surface area is 367 Å². The van der Waals surface area contributed by atoms with Crippen LogP contribution in [0.4, 0.5) is 17.1 Å². The van der Waals surface area contributed by atoms with Crippen molar-refractivity contribution in [2.75, 3.05) is 4.90 Å². The van der Waals surface area contributed by atoms with Crippen molar-refractivity contribution in [2.45, 2.75) is 24.7 Å². The highest BCUT2D eigenvalue weighted by Crippen LogP contribution is 2.63. The molecule has 0 saturated heterocycles. The second kappa shape index (κ2) is 12.3. The minimum absolute atomic E-state index is 0.130. The van der Waals surface area contributed by atoms with E-state index in [1.807, 2.05) is 22.7 Å². The molecule has 292 valence electrons. The van der Waals surface area contributed by atoms with Gasteiger partial charge in [-0.3, -0.25) is 0 Å². The molecule has 2 aromatic heterocycles. The molecule has 0 atom stereocenters. The second-order valence-electron chi connectivity index (χ2n) is 17.6. The largest absolute Gasteiger partial charge is 0.457 e.